The minimum atomic E-state index is 0.399. The molecule has 0 atom stereocenters. The lowest BCUT2D eigenvalue weighted by Gasteiger charge is -2.23. The zero-order chi connectivity index (χ0) is 12.2. The molecule has 94 valence electrons. The molecule has 0 saturated heterocycles. The molecule has 1 aromatic carbocycles. The van der Waals surface area contributed by atoms with E-state index in [1.54, 1.807) is 11.0 Å². The predicted octanol–water partition coefficient (Wildman–Crippen LogP) is 2.98. The first-order valence-electron chi connectivity index (χ1n) is 6.53. The average molecular weight is 243 g/mol. The first-order valence-corrected chi connectivity index (χ1v) is 6.53. The van der Waals surface area contributed by atoms with E-state index in [1.807, 2.05) is 24.3 Å². The number of benzene rings is 1. The second-order valence-electron chi connectivity index (χ2n) is 4.71. The molecule has 0 radical (unpaired) electrons. The molecule has 0 unspecified atom stereocenters. The molecule has 0 spiro atoms. The van der Waals surface area contributed by atoms with Crippen LogP contribution in [0.4, 0.5) is 0 Å². The maximum atomic E-state index is 5.98. The molecule has 18 heavy (non-hydrogen) atoms. The highest BCUT2D eigenvalue weighted by atomic mass is 16.5. The molecule has 3 rings (SSSR count). The Morgan fingerprint density at radius 2 is 1.83 bits per heavy atom. The summed E-state index contributed by atoms with van der Waals surface area (Å²) in [6, 6.07) is 8.02. The lowest BCUT2D eigenvalue weighted by atomic mass is 9.98. The van der Waals surface area contributed by atoms with Gasteiger partial charge in [0.25, 0.3) is 0 Å². The van der Waals surface area contributed by atoms with Crippen molar-refractivity contribution in [1.82, 2.24) is 14.8 Å². The lowest BCUT2D eigenvalue weighted by Crippen LogP contribution is -2.19. The largest absolute Gasteiger partial charge is 0.490 e. The van der Waals surface area contributed by atoms with E-state index in [1.165, 1.54) is 38.4 Å². The van der Waals surface area contributed by atoms with Crippen molar-refractivity contribution in [2.75, 3.05) is 0 Å². The summed E-state index contributed by atoms with van der Waals surface area (Å²) in [7, 11) is 0. The van der Waals surface area contributed by atoms with Gasteiger partial charge < -0.3 is 4.74 Å². The molecule has 1 aliphatic carbocycles. The molecule has 4 heteroatoms. The van der Waals surface area contributed by atoms with Crippen molar-refractivity contribution in [3.8, 4) is 11.4 Å². The molecule has 0 aliphatic heterocycles. The summed E-state index contributed by atoms with van der Waals surface area (Å²) >= 11 is 0. The summed E-state index contributed by atoms with van der Waals surface area (Å²) in [4.78, 5) is 3.94. The van der Waals surface area contributed by atoms with E-state index in [4.69, 9.17) is 4.74 Å². The van der Waals surface area contributed by atoms with Crippen LogP contribution in [0.25, 0.3) is 5.69 Å². The topological polar surface area (TPSA) is 39.9 Å². The Bertz CT molecular complexity index is 472. The summed E-state index contributed by atoms with van der Waals surface area (Å²) in [5.41, 5.74) is 1.00. The SMILES string of the molecule is c1ncn(-c2ccc(OC3CCCCC3)cc2)n1. The molecule has 1 fully saturated rings. The third-order valence-corrected chi connectivity index (χ3v) is 3.37. The fourth-order valence-corrected chi connectivity index (χ4v) is 2.39. The first-order chi connectivity index (χ1) is 8.92. The molecule has 1 saturated carbocycles. The number of hydrogen-bond acceptors (Lipinski definition) is 3. The second kappa shape index (κ2) is 5.21. The van der Waals surface area contributed by atoms with Crippen LogP contribution in [-0.2, 0) is 0 Å². The Kier molecular flexibility index (Phi) is 3.26. The Morgan fingerprint density at radius 3 is 2.50 bits per heavy atom. The van der Waals surface area contributed by atoms with E-state index in [2.05, 4.69) is 10.1 Å². The van der Waals surface area contributed by atoms with Gasteiger partial charge >= 0.3 is 0 Å². The van der Waals surface area contributed by atoms with Crippen LogP contribution >= 0.6 is 0 Å². The van der Waals surface area contributed by atoms with Gasteiger partial charge in [-0.25, -0.2) is 9.67 Å². The molecule has 1 aromatic heterocycles. The minimum Gasteiger partial charge on any atom is -0.490 e. The summed E-state index contributed by atoms with van der Waals surface area (Å²) < 4.78 is 7.72. The van der Waals surface area contributed by atoms with Crippen LogP contribution < -0.4 is 4.74 Å². The highest BCUT2D eigenvalue weighted by Crippen LogP contribution is 2.23. The van der Waals surface area contributed by atoms with Crippen molar-refractivity contribution in [3.63, 3.8) is 0 Å². The van der Waals surface area contributed by atoms with Crippen LogP contribution in [0.5, 0.6) is 5.75 Å². The number of ether oxygens (including phenoxy) is 1. The van der Waals surface area contributed by atoms with E-state index in [9.17, 15) is 0 Å². The van der Waals surface area contributed by atoms with E-state index >= 15 is 0 Å². The van der Waals surface area contributed by atoms with Crippen molar-refractivity contribution in [3.05, 3.63) is 36.9 Å². The molecule has 2 aromatic rings. The number of hydrogen-bond donors (Lipinski definition) is 0. The quantitative estimate of drug-likeness (QED) is 0.832. The van der Waals surface area contributed by atoms with Gasteiger partial charge in [0, 0.05) is 0 Å². The molecular formula is C14H17N3O. The van der Waals surface area contributed by atoms with Crippen molar-refractivity contribution in [2.45, 2.75) is 38.2 Å². The van der Waals surface area contributed by atoms with Gasteiger partial charge in [-0.3, -0.25) is 0 Å². The van der Waals surface area contributed by atoms with Gasteiger partial charge in [-0.15, -0.1) is 0 Å². The Hall–Kier alpha value is -1.84. The normalized spacial score (nSPS) is 16.7. The van der Waals surface area contributed by atoms with Crippen molar-refractivity contribution >= 4 is 0 Å². The van der Waals surface area contributed by atoms with Crippen molar-refractivity contribution < 1.29 is 4.74 Å². The van der Waals surface area contributed by atoms with Gasteiger partial charge in [0.1, 0.15) is 18.4 Å². The molecule has 1 aliphatic rings. The highest BCUT2D eigenvalue weighted by molar-refractivity contribution is 5.36. The van der Waals surface area contributed by atoms with E-state index in [0.717, 1.165) is 11.4 Å². The van der Waals surface area contributed by atoms with E-state index in [0.29, 0.717) is 6.10 Å². The lowest BCUT2D eigenvalue weighted by molar-refractivity contribution is 0.155. The van der Waals surface area contributed by atoms with E-state index < -0.39 is 0 Å². The Labute approximate surface area is 107 Å². The van der Waals surface area contributed by atoms with E-state index in [-0.39, 0.29) is 0 Å². The zero-order valence-electron chi connectivity index (χ0n) is 10.3. The van der Waals surface area contributed by atoms with Crippen LogP contribution in [0.3, 0.4) is 0 Å². The van der Waals surface area contributed by atoms with Gasteiger partial charge in [-0.2, -0.15) is 5.10 Å². The van der Waals surface area contributed by atoms with Gasteiger partial charge in [-0.1, -0.05) is 6.42 Å². The summed E-state index contributed by atoms with van der Waals surface area (Å²) in [5.74, 6) is 0.950. The summed E-state index contributed by atoms with van der Waals surface area (Å²) in [5, 5.41) is 4.10. The van der Waals surface area contributed by atoms with Crippen LogP contribution in [0, 0.1) is 0 Å². The van der Waals surface area contributed by atoms with Crippen LogP contribution in [-0.4, -0.2) is 20.9 Å². The van der Waals surface area contributed by atoms with Gasteiger partial charge in [0.15, 0.2) is 0 Å². The molecule has 4 nitrogen and oxygen atoms in total. The summed E-state index contributed by atoms with van der Waals surface area (Å²) in [6.45, 7) is 0. The number of nitrogens with zero attached hydrogens (tertiary/aromatic N) is 3. The number of rotatable bonds is 3. The smallest absolute Gasteiger partial charge is 0.138 e. The first kappa shape index (κ1) is 11.3. The van der Waals surface area contributed by atoms with Gasteiger partial charge in [0.2, 0.25) is 0 Å². The molecule has 0 amide bonds. The number of aromatic nitrogens is 3. The minimum absolute atomic E-state index is 0.399. The molecule has 1 heterocycles. The highest BCUT2D eigenvalue weighted by Gasteiger charge is 2.14. The predicted molar refractivity (Wildman–Crippen MR) is 68.9 cm³/mol. The van der Waals surface area contributed by atoms with Gasteiger partial charge in [-0.05, 0) is 49.9 Å². The maximum absolute atomic E-state index is 5.98. The van der Waals surface area contributed by atoms with Crippen molar-refractivity contribution in [2.24, 2.45) is 0 Å². The average Bonchev–Trinajstić information content (AvgIpc) is 2.95. The van der Waals surface area contributed by atoms with Crippen LogP contribution in [0.15, 0.2) is 36.9 Å². The summed E-state index contributed by atoms with van der Waals surface area (Å²) in [6.07, 6.45) is 9.93. The standard InChI is InChI=1S/C14H17N3O/c1-2-4-13(5-3-1)18-14-8-6-12(7-9-14)17-11-15-10-16-17/h6-11,13H,1-5H2. The molecular weight excluding hydrogens is 226 g/mol. The van der Waals surface area contributed by atoms with Gasteiger partial charge in [0.05, 0.1) is 11.8 Å². The Morgan fingerprint density at radius 1 is 1.06 bits per heavy atom. The fraction of sp³-hybridized carbons (Fsp3) is 0.429. The molecule has 0 bridgehead atoms. The van der Waals surface area contributed by atoms with Crippen LogP contribution in [0.1, 0.15) is 32.1 Å². The second-order valence-corrected chi connectivity index (χ2v) is 4.71. The molecule has 0 N–H and O–H groups in total. The Balaban J connectivity index is 1.67. The zero-order valence-corrected chi connectivity index (χ0v) is 10.3. The van der Waals surface area contributed by atoms with Crippen LogP contribution in [0.2, 0.25) is 0 Å². The third-order valence-electron chi connectivity index (χ3n) is 3.37. The third kappa shape index (κ3) is 2.53. The maximum Gasteiger partial charge on any atom is 0.138 e. The fourth-order valence-electron chi connectivity index (χ4n) is 2.39. The monoisotopic (exact) mass is 243 g/mol. The van der Waals surface area contributed by atoms with Crippen molar-refractivity contribution in [1.29, 1.82) is 0 Å².